The molecule has 0 aromatic heterocycles. The number of carbonyl (C=O) groups excluding carboxylic acids is 1. The Labute approximate surface area is 124 Å². The van der Waals surface area contributed by atoms with Gasteiger partial charge in [-0.05, 0) is 50.0 Å². The molecule has 2 rings (SSSR count). The Morgan fingerprint density at radius 2 is 2.11 bits per heavy atom. The molecule has 0 spiro atoms. The Morgan fingerprint density at radius 1 is 1.32 bits per heavy atom. The van der Waals surface area contributed by atoms with E-state index in [9.17, 15) is 4.79 Å². The van der Waals surface area contributed by atoms with Crippen LogP contribution >= 0.6 is 23.2 Å². The Morgan fingerprint density at radius 3 is 2.79 bits per heavy atom. The van der Waals surface area contributed by atoms with Gasteiger partial charge >= 0.3 is 0 Å². The van der Waals surface area contributed by atoms with E-state index in [1.54, 1.807) is 24.3 Å². The van der Waals surface area contributed by atoms with Crippen LogP contribution in [0.2, 0.25) is 10.0 Å². The van der Waals surface area contributed by atoms with E-state index in [1.165, 1.54) is 6.42 Å². The number of piperidine rings is 1. The predicted molar refractivity (Wildman–Crippen MR) is 80.5 cm³/mol. The summed E-state index contributed by atoms with van der Waals surface area (Å²) in [5.41, 5.74) is 0.882. The normalized spacial score (nSPS) is 19.9. The average molecular weight is 298 g/mol. The summed E-state index contributed by atoms with van der Waals surface area (Å²) in [5, 5.41) is 1.03. The van der Waals surface area contributed by atoms with Gasteiger partial charge in [-0.25, -0.2) is 0 Å². The highest BCUT2D eigenvalue weighted by Crippen LogP contribution is 2.23. The van der Waals surface area contributed by atoms with E-state index in [2.05, 4.69) is 6.92 Å². The number of amides is 1. The Hall–Kier alpha value is -0.990. The average Bonchev–Trinajstić information content (AvgIpc) is 2.40. The fourth-order valence-corrected chi connectivity index (χ4v) is 2.61. The fraction of sp³-hybridized carbons (Fsp3) is 0.400. The van der Waals surface area contributed by atoms with Crippen molar-refractivity contribution in [2.75, 3.05) is 6.54 Å². The van der Waals surface area contributed by atoms with Gasteiger partial charge in [-0.3, -0.25) is 4.79 Å². The lowest BCUT2D eigenvalue weighted by molar-refractivity contribution is -0.129. The first-order valence-electron chi connectivity index (χ1n) is 6.51. The van der Waals surface area contributed by atoms with Crippen molar-refractivity contribution in [1.29, 1.82) is 0 Å². The van der Waals surface area contributed by atoms with E-state index in [-0.39, 0.29) is 5.91 Å². The number of halogens is 2. The molecule has 0 aliphatic carbocycles. The SMILES string of the molecule is C[C@H]1CCCCN1C(=O)/C=C/c1ccc(Cl)c(Cl)c1. The van der Waals surface area contributed by atoms with E-state index in [4.69, 9.17) is 23.2 Å². The molecule has 0 saturated carbocycles. The van der Waals surface area contributed by atoms with Gasteiger partial charge in [0.2, 0.25) is 5.91 Å². The molecule has 1 aliphatic rings. The number of carbonyl (C=O) groups is 1. The molecule has 0 bridgehead atoms. The summed E-state index contributed by atoms with van der Waals surface area (Å²) >= 11 is 11.8. The molecule has 0 radical (unpaired) electrons. The van der Waals surface area contributed by atoms with E-state index in [1.807, 2.05) is 11.0 Å². The van der Waals surface area contributed by atoms with Crippen molar-refractivity contribution in [3.05, 3.63) is 39.9 Å². The molecule has 0 N–H and O–H groups in total. The molecule has 4 heteroatoms. The monoisotopic (exact) mass is 297 g/mol. The largest absolute Gasteiger partial charge is 0.336 e. The van der Waals surface area contributed by atoms with Crippen molar-refractivity contribution in [1.82, 2.24) is 4.90 Å². The zero-order valence-electron chi connectivity index (χ0n) is 10.9. The second-order valence-electron chi connectivity index (χ2n) is 4.88. The number of nitrogens with zero attached hydrogens (tertiary/aromatic N) is 1. The van der Waals surface area contributed by atoms with Gasteiger partial charge in [-0.1, -0.05) is 29.3 Å². The Bertz CT molecular complexity index is 499. The number of hydrogen-bond donors (Lipinski definition) is 0. The predicted octanol–water partition coefficient (Wildman–Crippen LogP) is 4.41. The van der Waals surface area contributed by atoms with E-state index in [0.717, 1.165) is 24.9 Å². The zero-order chi connectivity index (χ0) is 13.8. The number of rotatable bonds is 2. The van der Waals surface area contributed by atoms with Crippen LogP contribution in [0.15, 0.2) is 24.3 Å². The third-order valence-electron chi connectivity index (χ3n) is 3.45. The molecule has 1 atom stereocenters. The van der Waals surface area contributed by atoms with E-state index in [0.29, 0.717) is 16.1 Å². The minimum Gasteiger partial charge on any atom is -0.336 e. The van der Waals surface area contributed by atoms with Crippen LogP contribution in [-0.2, 0) is 4.79 Å². The van der Waals surface area contributed by atoms with Crippen LogP contribution in [0.4, 0.5) is 0 Å². The first-order valence-corrected chi connectivity index (χ1v) is 7.27. The van der Waals surface area contributed by atoms with Crippen LogP contribution in [0.25, 0.3) is 6.08 Å². The summed E-state index contributed by atoms with van der Waals surface area (Å²) in [4.78, 5) is 14.0. The van der Waals surface area contributed by atoms with Crippen molar-refractivity contribution >= 4 is 35.2 Å². The highest BCUT2D eigenvalue weighted by atomic mass is 35.5. The molecule has 102 valence electrons. The molecule has 1 aromatic carbocycles. The van der Waals surface area contributed by atoms with Gasteiger partial charge in [-0.15, -0.1) is 0 Å². The quantitative estimate of drug-likeness (QED) is 0.741. The summed E-state index contributed by atoms with van der Waals surface area (Å²) in [6, 6.07) is 5.67. The summed E-state index contributed by atoms with van der Waals surface area (Å²) < 4.78 is 0. The molecule has 1 aromatic rings. The lowest BCUT2D eigenvalue weighted by atomic mass is 10.0. The standard InChI is InChI=1S/C15H17Cl2NO/c1-11-4-2-3-9-18(11)15(19)8-6-12-5-7-13(16)14(17)10-12/h5-8,10-11H,2-4,9H2,1H3/b8-6+/t11-/m0/s1. The van der Waals surface area contributed by atoms with E-state index >= 15 is 0 Å². The van der Waals surface area contributed by atoms with Crippen LogP contribution < -0.4 is 0 Å². The van der Waals surface area contributed by atoms with Crippen molar-refractivity contribution in [2.24, 2.45) is 0 Å². The maximum Gasteiger partial charge on any atom is 0.246 e. The van der Waals surface area contributed by atoms with Crippen LogP contribution in [0.5, 0.6) is 0 Å². The van der Waals surface area contributed by atoms with Gasteiger partial charge < -0.3 is 4.90 Å². The third-order valence-corrected chi connectivity index (χ3v) is 4.19. The van der Waals surface area contributed by atoms with Crippen LogP contribution in [0, 0.1) is 0 Å². The minimum atomic E-state index is 0.0678. The summed E-state index contributed by atoms with van der Waals surface area (Å²) in [6.07, 6.45) is 6.79. The number of likely N-dealkylation sites (tertiary alicyclic amines) is 1. The minimum absolute atomic E-state index is 0.0678. The maximum absolute atomic E-state index is 12.1. The van der Waals surface area contributed by atoms with Gasteiger partial charge in [0, 0.05) is 18.7 Å². The lowest BCUT2D eigenvalue weighted by Gasteiger charge is -2.32. The number of hydrogen-bond acceptors (Lipinski definition) is 1. The van der Waals surface area contributed by atoms with Gasteiger partial charge in [0.1, 0.15) is 0 Å². The molecular weight excluding hydrogens is 281 g/mol. The molecule has 1 heterocycles. The topological polar surface area (TPSA) is 20.3 Å². The van der Waals surface area contributed by atoms with Gasteiger partial charge in [0.15, 0.2) is 0 Å². The Balaban J connectivity index is 2.04. The smallest absolute Gasteiger partial charge is 0.246 e. The van der Waals surface area contributed by atoms with Crippen LogP contribution in [0.1, 0.15) is 31.7 Å². The van der Waals surface area contributed by atoms with Crippen LogP contribution in [0.3, 0.4) is 0 Å². The first-order chi connectivity index (χ1) is 9.08. The molecule has 1 amide bonds. The number of benzene rings is 1. The van der Waals surface area contributed by atoms with Crippen molar-refractivity contribution in [3.63, 3.8) is 0 Å². The Kier molecular flexibility index (Phi) is 4.89. The van der Waals surface area contributed by atoms with E-state index < -0.39 is 0 Å². The summed E-state index contributed by atoms with van der Waals surface area (Å²) in [5.74, 6) is 0.0678. The first kappa shape index (κ1) is 14.4. The van der Waals surface area contributed by atoms with Crippen molar-refractivity contribution in [3.8, 4) is 0 Å². The van der Waals surface area contributed by atoms with Gasteiger partial charge in [0.25, 0.3) is 0 Å². The zero-order valence-corrected chi connectivity index (χ0v) is 12.4. The molecular formula is C15H17Cl2NO. The molecule has 1 aliphatic heterocycles. The van der Waals surface area contributed by atoms with Crippen molar-refractivity contribution in [2.45, 2.75) is 32.2 Å². The maximum atomic E-state index is 12.1. The highest BCUT2D eigenvalue weighted by molar-refractivity contribution is 6.42. The molecule has 1 saturated heterocycles. The second kappa shape index (κ2) is 6.44. The fourth-order valence-electron chi connectivity index (χ4n) is 2.30. The third kappa shape index (κ3) is 3.74. The molecule has 0 unspecified atom stereocenters. The van der Waals surface area contributed by atoms with Crippen LogP contribution in [-0.4, -0.2) is 23.4 Å². The summed E-state index contributed by atoms with van der Waals surface area (Å²) in [7, 11) is 0. The van der Waals surface area contributed by atoms with Gasteiger partial charge in [0.05, 0.1) is 10.0 Å². The summed E-state index contributed by atoms with van der Waals surface area (Å²) in [6.45, 7) is 2.95. The second-order valence-corrected chi connectivity index (χ2v) is 5.70. The molecule has 1 fully saturated rings. The molecule has 2 nitrogen and oxygen atoms in total. The van der Waals surface area contributed by atoms with Gasteiger partial charge in [-0.2, -0.15) is 0 Å². The lowest BCUT2D eigenvalue weighted by Crippen LogP contribution is -2.41. The molecule has 19 heavy (non-hydrogen) atoms. The highest BCUT2D eigenvalue weighted by Gasteiger charge is 2.21. The van der Waals surface area contributed by atoms with Crippen molar-refractivity contribution < 1.29 is 4.79 Å².